The van der Waals surface area contributed by atoms with E-state index in [0.717, 1.165) is 0 Å². The Labute approximate surface area is 312 Å². The van der Waals surface area contributed by atoms with Crippen LogP contribution in [0.1, 0.15) is 0 Å². The summed E-state index contributed by atoms with van der Waals surface area (Å²) < 4.78 is 0. The Morgan fingerprint density at radius 3 is 0.833 bits per heavy atom. The van der Waals surface area contributed by atoms with Gasteiger partial charge in [-0.05, 0) is 143 Å². The van der Waals surface area contributed by atoms with E-state index in [-0.39, 0.29) is 0 Å². The normalized spacial score (nSPS) is 12.1. The summed E-state index contributed by atoms with van der Waals surface area (Å²) in [5, 5.41) is 23.3. The minimum absolute atomic E-state index is 1.23. The van der Waals surface area contributed by atoms with Crippen LogP contribution in [0.15, 0.2) is 194 Å². The molecule has 12 aromatic rings. The molecule has 0 bridgehead atoms. The topological polar surface area (TPSA) is 0 Å². The second-order valence-electron chi connectivity index (χ2n) is 14.9. The maximum atomic E-state index is 2.35. The van der Waals surface area contributed by atoms with Crippen LogP contribution in [0.25, 0.3) is 119 Å². The van der Waals surface area contributed by atoms with Crippen molar-refractivity contribution in [1.82, 2.24) is 0 Å². The molecule has 54 heavy (non-hydrogen) atoms. The molecule has 0 saturated carbocycles. The zero-order chi connectivity index (χ0) is 35.3. The van der Waals surface area contributed by atoms with Crippen LogP contribution >= 0.6 is 0 Å². The Morgan fingerprint density at radius 2 is 0.407 bits per heavy atom. The quantitative estimate of drug-likeness (QED) is 0.159. The molecule has 0 heteroatoms. The van der Waals surface area contributed by atoms with Crippen LogP contribution in [0.5, 0.6) is 0 Å². The fraction of sp³-hybridized carbons (Fsp3) is 0. The van der Waals surface area contributed by atoms with Gasteiger partial charge < -0.3 is 0 Å². The van der Waals surface area contributed by atoms with E-state index in [1.165, 1.54) is 119 Å². The van der Waals surface area contributed by atoms with E-state index in [2.05, 4.69) is 194 Å². The molecule has 0 spiro atoms. The Hall–Kier alpha value is -7.02. The lowest BCUT2D eigenvalue weighted by Gasteiger charge is -2.12. The third-order valence-electron chi connectivity index (χ3n) is 12.0. The van der Waals surface area contributed by atoms with Crippen LogP contribution in [0.4, 0.5) is 0 Å². The lowest BCUT2D eigenvalue weighted by atomic mass is 9.92. The highest BCUT2D eigenvalue weighted by Gasteiger charge is 2.11. The van der Waals surface area contributed by atoms with Gasteiger partial charge in [-0.15, -0.1) is 0 Å². The molecule has 0 amide bonds. The highest BCUT2D eigenvalue weighted by Crippen LogP contribution is 2.39. The molecular formula is C54H32. The standard InChI is InChI=1S/C54H32/c1-3-7-43-34(5-1)13-21-51-47(43)25-27-49-45-19-15-38(29-40(45)17-23-53(49)51)36-11-9-33-10-12-37(32-42(33)31-36)39-16-20-46-41(30-39)18-24-54-50(46)28-26-48-44-8-4-2-6-35(44)14-22-52(48)54/h1-32H. The summed E-state index contributed by atoms with van der Waals surface area (Å²) in [5.74, 6) is 0. The zero-order valence-electron chi connectivity index (χ0n) is 29.5. The van der Waals surface area contributed by atoms with Crippen LogP contribution in [0, 0.1) is 0 Å². The molecule has 0 aliphatic carbocycles. The molecule has 0 fully saturated rings. The molecule has 12 rings (SSSR count). The van der Waals surface area contributed by atoms with Gasteiger partial charge in [0.1, 0.15) is 0 Å². The molecule has 0 unspecified atom stereocenters. The summed E-state index contributed by atoms with van der Waals surface area (Å²) in [4.78, 5) is 0. The molecule has 0 heterocycles. The molecule has 0 N–H and O–H groups in total. The Balaban J connectivity index is 0.919. The van der Waals surface area contributed by atoms with E-state index in [1.807, 2.05) is 0 Å². The highest BCUT2D eigenvalue weighted by molar-refractivity contribution is 6.23. The van der Waals surface area contributed by atoms with Gasteiger partial charge in [0.2, 0.25) is 0 Å². The van der Waals surface area contributed by atoms with E-state index >= 15 is 0 Å². The van der Waals surface area contributed by atoms with E-state index in [0.29, 0.717) is 0 Å². The van der Waals surface area contributed by atoms with Crippen molar-refractivity contribution in [3.63, 3.8) is 0 Å². The summed E-state index contributed by atoms with van der Waals surface area (Å²) in [6.45, 7) is 0. The molecule has 248 valence electrons. The van der Waals surface area contributed by atoms with Crippen molar-refractivity contribution in [3.8, 4) is 22.3 Å². The van der Waals surface area contributed by atoms with Crippen molar-refractivity contribution >= 4 is 97.0 Å². The van der Waals surface area contributed by atoms with Crippen molar-refractivity contribution < 1.29 is 0 Å². The first kappa shape index (κ1) is 29.5. The van der Waals surface area contributed by atoms with Crippen LogP contribution in [-0.4, -0.2) is 0 Å². The first-order valence-corrected chi connectivity index (χ1v) is 18.8. The van der Waals surface area contributed by atoms with Gasteiger partial charge >= 0.3 is 0 Å². The third kappa shape index (κ3) is 4.38. The van der Waals surface area contributed by atoms with Gasteiger partial charge in [0.15, 0.2) is 0 Å². The molecule has 0 saturated heterocycles. The van der Waals surface area contributed by atoms with Crippen LogP contribution in [0.3, 0.4) is 0 Å². The maximum absolute atomic E-state index is 2.35. The van der Waals surface area contributed by atoms with Gasteiger partial charge in [-0.25, -0.2) is 0 Å². The fourth-order valence-corrected chi connectivity index (χ4v) is 9.25. The molecule has 0 radical (unpaired) electrons. The zero-order valence-corrected chi connectivity index (χ0v) is 29.5. The Bertz CT molecular complexity index is 3320. The number of fused-ring (bicyclic) bond motifs is 15. The van der Waals surface area contributed by atoms with Crippen LogP contribution < -0.4 is 0 Å². The molecule has 0 atom stereocenters. The highest BCUT2D eigenvalue weighted by atomic mass is 14.2. The second kappa shape index (κ2) is 11.2. The van der Waals surface area contributed by atoms with Gasteiger partial charge in [-0.3, -0.25) is 0 Å². The van der Waals surface area contributed by atoms with Crippen LogP contribution in [0.2, 0.25) is 0 Å². The van der Waals surface area contributed by atoms with Gasteiger partial charge in [-0.2, -0.15) is 0 Å². The van der Waals surface area contributed by atoms with E-state index in [4.69, 9.17) is 0 Å². The van der Waals surface area contributed by atoms with Gasteiger partial charge in [0.25, 0.3) is 0 Å². The predicted octanol–water partition coefficient (Wildman–Crippen LogP) is 15.4. The minimum Gasteiger partial charge on any atom is -0.0616 e. The second-order valence-corrected chi connectivity index (χ2v) is 14.9. The van der Waals surface area contributed by atoms with Crippen molar-refractivity contribution in [2.24, 2.45) is 0 Å². The van der Waals surface area contributed by atoms with Crippen LogP contribution in [-0.2, 0) is 0 Å². The van der Waals surface area contributed by atoms with Gasteiger partial charge in [0.05, 0.1) is 0 Å². The smallest absolute Gasteiger partial charge is 0.00987 e. The minimum atomic E-state index is 1.23. The number of benzene rings is 12. The average molecular weight is 681 g/mol. The first-order chi connectivity index (χ1) is 26.7. The monoisotopic (exact) mass is 680 g/mol. The van der Waals surface area contributed by atoms with Crippen molar-refractivity contribution in [1.29, 1.82) is 0 Å². The average Bonchev–Trinajstić information content (AvgIpc) is 3.24. The number of rotatable bonds is 2. The molecule has 0 aliphatic rings. The SMILES string of the molecule is c1ccc2c(c1)ccc1c2ccc2c3ccc(-c4ccc5ccc(-c6ccc7c(ccc8c7ccc7c9ccccc9ccc78)c6)cc5c4)cc3ccc21. The summed E-state index contributed by atoms with van der Waals surface area (Å²) in [6.07, 6.45) is 0. The van der Waals surface area contributed by atoms with E-state index in [1.54, 1.807) is 0 Å². The molecular weight excluding hydrogens is 649 g/mol. The summed E-state index contributed by atoms with van der Waals surface area (Å²) >= 11 is 0. The van der Waals surface area contributed by atoms with Crippen molar-refractivity contribution in [2.75, 3.05) is 0 Å². The largest absolute Gasteiger partial charge is 0.0616 e. The van der Waals surface area contributed by atoms with Gasteiger partial charge in [-0.1, -0.05) is 170 Å². The summed E-state index contributed by atoms with van der Waals surface area (Å²) in [5.41, 5.74) is 4.94. The summed E-state index contributed by atoms with van der Waals surface area (Å²) in [7, 11) is 0. The van der Waals surface area contributed by atoms with E-state index in [9.17, 15) is 0 Å². The van der Waals surface area contributed by atoms with Gasteiger partial charge in [0, 0.05) is 0 Å². The molecule has 12 aromatic carbocycles. The molecule has 0 aromatic heterocycles. The van der Waals surface area contributed by atoms with Crippen molar-refractivity contribution in [3.05, 3.63) is 194 Å². The third-order valence-corrected chi connectivity index (χ3v) is 12.0. The fourth-order valence-electron chi connectivity index (χ4n) is 9.25. The lowest BCUT2D eigenvalue weighted by Crippen LogP contribution is -1.85. The number of hydrogen-bond acceptors (Lipinski definition) is 0. The summed E-state index contributed by atoms with van der Waals surface area (Å²) in [6, 6.07) is 72.5. The number of hydrogen-bond donors (Lipinski definition) is 0. The lowest BCUT2D eigenvalue weighted by molar-refractivity contribution is 1.66. The Kier molecular flexibility index (Phi) is 6.15. The Morgan fingerprint density at radius 1 is 0.148 bits per heavy atom. The molecule has 0 nitrogen and oxygen atoms in total. The first-order valence-electron chi connectivity index (χ1n) is 18.8. The predicted molar refractivity (Wildman–Crippen MR) is 235 cm³/mol. The maximum Gasteiger partial charge on any atom is -0.00987 e. The van der Waals surface area contributed by atoms with E-state index < -0.39 is 0 Å². The van der Waals surface area contributed by atoms with Crippen molar-refractivity contribution in [2.45, 2.75) is 0 Å². The molecule has 0 aliphatic heterocycles.